The van der Waals surface area contributed by atoms with Crippen molar-refractivity contribution < 1.29 is 4.74 Å². The first-order valence-electron chi connectivity index (χ1n) is 19.8. The average Bonchev–Trinajstić information content (AvgIpc) is 3.14. The molecule has 7 aromatic carbocycles. The second kappa shape index (κ2) is 10.3. The Morgan fingerprint density at radius 3 is 1.57 bits per heavy atom. The standard InChI is InChI=1S/C50H45B2NO/c1-48(2,3)28-18-20-33-36-22-23-42-44-46(36)53-45-38(34-21-19-29(49(4,5)6)26-40(34)52(53)39(33)25-28)24-30(50(7,8)9)27-41(45)51(44)43-35-16-12-10-14-31(35)32-15-11-13-17-37(32)47(43)54-42/h10-27H,1-9H3. The Labute approximate surface area is 320 Å². The largest absolute Gasteiger partial charge is 0.458 e. The number of hydrogen-bond acceptors (Lipinski definition) is 2. The van der Waals surface area contributed by atoms with E-state index in [0.717, 1.165) is 11.5 Å². The smallest absolute Gasteiger partial charge is 0.329 e. The summed E-state index contributed by atoms with van der Waals surface area (Å²) in [5.41, 5.74) is 18.9. The van der Waals surface area contributed by atoms with Crippen molar-refractivity contribution in [2.45, 2.75) is 78.6 Å². The summed E-state index contributed by atoms with van der Waals surface area (Å²) >= 11 is 0. The van der Waals surface area contributed by atoms with Crippen LogP contribution in [0.2, 0.25) is 0 Å². The minimum absolute atomic E-state index is 0.00644. The van der Waals surface area contributed by atoms with Gasteiger partial charge >= 0.3 is 6.85 Å². The summed E-state index contributed by atoms with van der Waals surface area (Å²) in [7, 11) is 0. The van der Waals surface area contributed by atoms with E-state index in [1.165, 1.54) is 99.2 Å². The summed E-state index contributed by atoms with van der Waals surface area (Å²) in [5, 5.41) is 4.97. The molecule has 54 heavy (non-hydrogen) atoms. The van der Waals surface area contributed by atoms with Crippen LogP contribution in [0.15, 0.2) is 109 Å². The van der Waals surface area contributed by atoms with Crippen molar-refractivity contribution in [3.05, 3.63) is 126 Å². The van der Waals surface area contributed by atoms with Crippen LogP contribution in [0.1, 0.15) is 79.0 Å². The summed E-state index contributed by atoms with van der Waals surface area (Å²) < 4.78 is 7.27. The summed E-state index contributed by atoms with van der Waals surface area (Å²) in [4.78, 5) is 2.75. The van der Waals surface area contributed by atoms with E-state index in [0.29, 0.717) is 0 Å². The van der Waals surface area contributed by atoms with Gasteiger partial charge in [0.05, 0.1) is 0 Å². The van der Waals surface area contributed by atoms with Gasteiger partial charge in [-0.15, -0.1) is 0 Å². The van der Waals surface area contributed by atoms with Gasteiger partial charge < -0.3 is 9.55 Å². The van der Waals surface area contributed by atoms with Crippen LogP contribution in [0, 0.1) is 0 Å². The van der Waals surface area contributed by atoms with Crippen LogP contribution in [0.3, 0.4) is 0 Å². The van der Waals surface area contributed by atoms with E-state index in [2.05, 4.69) is 176 Å². The normalized spacial score (nSPS) is 14.8. The Morgan fingerprint density at radius 1 is 0.444 bits per heavy atom. The maximum Gasteiger partial charge on any atom is 0.329 e. The van der Waals surface area contributed by atoms with Crippen molar-refractivity contribution in [2.24, 2.45) is 0 Å². The number of hydrogen-bond donors (Lipinski definition) is 0. The Hall–Kier alpha value is -5.21. The van der Waals surface area contributed by atoms with Gasteiger partial charge in [-0.3, -0.25) is 0 Å². The first kappa shape index (κ1) is 32.2. The molecule has 7 aromatic rings. The van der Waals surface area contributed by atoms with E-state index < -0.39 is 0 Å². The van der Waals surface area contributed by atoms with Gasteiger partial charge in [0.1, 0.15) is 11.5 Å². The lowest BCUT2D eigenvalue weighted by Gasteiger charge is -2.51. The summed E-state index contributed by atoms with van der Waals surface area (Å²) in [5.74, 6) is 1.97. The number of anilines is 2. The van der Waals surface area contributed by atoms with Gasteiger partial charge in [0.25, 0.3) is 6.71 Å². The molecule has 11 rings (SSSR count). The SMILES string of the molecule is CC(C)(C)c1ccc2c(c1)B1c3cc(C(C)(C)C)ccc3-c3ccc4c5c3N1c1c(cc(C(C)(C)C)cc1-2)B5c1c(c2ccccc2c2ccccc12)O4. The van der Waals surface area contributed by atoms with Crippen molar-refractivity contribution in [1.82, 2.24) is 0 Å². The van der Waals surface area contributed by atoms with Gasteiger partial charge in [0.2, 0.25) is 0 Å². The van der Waals surface area contributed by atoms with Crippen molar-refractivity contribution in [2.75, 3.05) is 4.81 Å². The maximum absolute atomic E-state index is 7.27. The molecule has 4 heteroatoms. The van der Waals surface area contributed by atoms with Crippen LogP contribution >= 0.6 is 0 Å². The molecule has 0 radical (unpaired) electrons. The topological polar surface area (TPSA) is 12.5 Å². The molecule has 0 saturated heterocycles. The quantitative estimate of drug-likeness (QED) is 0.116. The van der Waals surface area contributed by atoms with E-state index in [1.807, 2.05) is 0 Å². The molecule has 0 N–H and O–H groups in total. The van der Waals surface area contributed by atoms with Crippen LogP contribution in [-0.4, -0.2) is 13.6 Å². The molecule has 0 saturated carbocycles. The average molecular weight is 698 g/mol. The highest BCUT2D eigenvalue weighted by atomic mass is 16.5. The lowest BCUT2D eigenvalue weighted by atomic mass is 9.30. The van der Waals surface area contributed by atoms with E-state index in [4.69, 9.17) is 4.74 Å². The summed E-state index contributed by atoms with van der Waals surface area (Å²) in [6.45, 7) is 21.2. The van der Waals surface area contributed by atoms with Crippen molar-refractivity contribution in [3.8, 4) is 33.8 Å². The molecule has 0 aromatic heterocycles. The predicted molar refractivity (Wildman–Crippen MR) is 233 cm³/mol. The lowest BCUT2D eigenvalue weighted by molar-refractivity contribution is 0.494. The van der Waals surface area contributed by atoms with Gasteiger partial charge in [-0.1, -0.05) is 153 Å². The molecule has 0 fully saturated rings. The fraction of sp³-hybridized carbons (Fsp3) is 0.240. The number of rotatable bonds is 0. The van der Waals surface area contributed by atoms with E-state index in [-0.39, 0.29) is 29.8 Å². The predicted octanol–water partition coefficient (Wildman–Crippen LogP) is 9.73. The van der Waals surface area contributed by atoms with Crippen LogP contribution in [-0.2, 0) is 16.2 Å². The monoisotopic (exact) mass is 697 g/mol. The van der Waals surface area contributed by atoms with Gasteiger partial charge in [0.15, 0.2) is 0 Å². The molecule has 0 atom stereocenters. The van der Waals surface area contributed by atoms with Crippen molar-refractivity contribution >= 4 is 73.8 Å². The highest BCUT2D eigenvalue weighted by molar-refractivity contribution is 7.04. The van der Waals surface area contributed by atoms with E-state index in [9.17, 15) is 0 Å². The summed E-state index contributed by atoms with van der Waals surface area (Å²) in [6, 6.07) is 42.2. The molecule has 2 nitrogen and oxygen atoms in total. The third-order valence-corrected chi connectivity index (χ3v) is 13.0. The zero-order valence-electron chi connectivity index (χ0n) is 32.9. The molecule has 0 bridgehead atoms. The van der Waals surface area contributed by atoms with Crippen LogP contribution in [0.25, 0.3) is 43.8 Å². The first-order chi connectivity index (χ1) is 25.7. The first-order valence-corrected chi connectivity index (χ1v) is 19.8. The third-order valence-electron chi connectivity index (χ3n) is 13.0. The highest BCUT2D eigenvalue weighted by Crippen LogP contribution is 2.51. The second-order valence-corrected chi connectivity index (χ2v) is 19.3. The molecule has 262 valence electrons. The Morgan fingerprint density at radius 2 is 0.963 bits per heavy atom. The van der Waals surface area contributed by atoms with Gasteiger partial charge in [-0.2, -0.15) is 0 Å². The third kappa shape index (κ3) is 4.15. The molecule has 4 heterocycles. The maximum atomic E-state index is 7.27. The Bertz CT molecular complexity index is 2830. The Kier molecular flexibility index (Phi) is 6.15. The zero-order valence-corrected chi connectivity index (χ0v) is 32.9. The molecule has 4 aliphatic heterocycles. The van der Waals surface area contributed by atoms with Crippen LogP contribution < -0.4 is 36.9 Å². The number of nitrogens with zero attached hydrogens (tertiary/aromatic N) is 1. The fourth-order valence-corrected chi connectivity index (χ4v) is 10.1. The van der Waals surface area contributed by atoms with E-state index in [1.54, 1.807) is 0 Å². The van der Waals surface area contributed by atoms with Crippen molar-refractivity contribution in [1.29, 1.82) is 0 Å². The second-order valence-electron chi connectivity index (χ2n) is 19.3. The molecule has 0 aliphatic carbocycles. The highest BCUT2D eigenvalue weighted by Gasteiger charge is 2.52. The van der Waals surface area contributed by atoms with Crippen molar-refractivity contribution in [3.63, 3.8) is 0 Å². The summed E-state index contributed by atoms with van der Waals surface area (Å²) in [6.07, 6.45) is 0. The van der Waals surface area contributed by atoms with Crippen LogP contribution in [0.5, 0.6) is 11.5 Å². The molecular weight excluding hydrogens is 652 g/mol. The Balaban J connectivity index is 1.35. The minimum atomic E-state index is -0.0472. The van der Waals surface area contributed by atoms with Gasteiger partial charge in [0, 0.05) is 27.9 Å². The van der Waals surface area contributed by atoms with Gasteiger partial charge in [-0.25, -0.2) is 0 Å². The molecule has 4 aliphatic rings. The number of ether oxygens (including phenoxy) is 1. The fourth-order valence-electron chi connectivity index (χ4n) is 10.1. The zero-order chi connectivity index (χ0) is 37.2. The van der Waals surface area contributed by atoms with Crippen LogP contribution in [0.4, 0.5) is 11.4 Å². The lowest BCUT2D eigenvalue weighted by Crippen LogP contribution is -2.69. The number of fused-ring (bicyclic) bond motifs is 14. The molecule has 0 unspecified atom stereocenters. The minimum Gasteiger partial charge on any atom is -0.458 e. The molecule has 0 spiro atoms. The molecule has 0 amide bonds. The van der Waals surface area contributed by atoms with Gasteiger partial charge in [-0.05, 0) is 106 Å². The molecular formula is C50H45B2NO. The number of benzene rings is 7. The van der Waals surface area contributed by atoms with E-state index >= 15 is 0 Å².